The Labute approximate surface area is 122 Å². The predicted octanol–water partition coefficient (Wildman–Crippen LogP) is 2.01. The number of carboxylic acid groups (broad SMARTS) is 1. The molecule has 0 saturated heterocycles. The Morgan fingerprint density at radius 3 is 2.75 bits per heavy atom. The van der Waals surface area contributed by atoms with Crippen molar-refractivity contribution in [3.63, 3.8) is 0 Å². The van der Waals surface area contributed by atoms with Crippen LogP contribution in [0.3, 0.4) is 0 Å². The first kappa shape index (κ1) is 14.3. The van der Waals surface area contributed by atoms with Crippen LogP contribution in [0.5, 0.6) is 5.75 Å². The van der Waals surface area contributed by atoms with E-state index in [9.17, 15) is 9.59 Å². The van der Waals surface area contributed by atoms with Gasteiger partial charge in [0.2, 0.25) is 11.1 Å². The fourth-order valence-electron chi connectivity index (χ4n) is 1.67. The summed E-state index contributed by atoms with van der Waals surface area (Å²) in [5, 5.41) is 12.8. The molecule has 1 aromatic carbocycles. The van der Waals surface area contributed by atoms with Gasteiger partial charge in [0.05, 0.1) is 17.3 Å². The number of carboxylic acids is 1. The average Bonchev–Trinajstić information content (AvgIpc) is 2.42. The second-order valence-electron chi connectivity index (χ2n) is 4.06. The zero-order valence-electron chi connectivity index (χ0n) is 10.8. The number of rotatable bonds is 3. The number of aromatic nitrogens is 2. The Hall–Kier alpha value is -2.15. The van der Waals surface area contributed by atoms with Gasteiger partial charge in [0.1, 0.15) is 5.75 Å². The molecule has 1 heterocycles. The fraction of sp³-hybridized carbons (Fsp3) is 0.154. The molecule has 1 N–H and O–H groups in total. The standard InChI is InChI=1S/C13H11BrN2O4/c1-7-6-16(15-11(12(7)17)13(18)19)8-3-4-9(14)10(5-8)20-2/h3-6H,1-2H3,(H,18,19). The quantitative estimate of drug-likeness (QED) is 0.925. The lowest BCUT2D eigenvalue weighted by Crippen LogP contribution is -2.23. The van der Waals surface area contributed by atoms with E-state index in [1.54, 1.807) is 25.1 Å². The van der Waals surface area contributed by atoms with Crippen LogP contribution in [0.15, 0.2) is 33.7 Å². The third-order valence-electron chi connectivity index (χ3n) is 2.70. The minimum Gasteiger partial charge on any atom is -0.495 e. The highest BCUT2D eigenvalue weighted by Crippen LogP contribution is 2.26. The van der Waals surface area contributed by atoms with Crippen molar-refractivity contribution in [1.29, 1.82) is 0 Å². The second-order valence-corrected chi connectivity index (χ2v) is 4.91. The highest BCUT2D eigenvalue weighted by Gasteiger charge is 2.14. The van der Waals surface area contributed by atoms with Crippen LogP contribution in [-0.4, -0.2) is 28.0 Å². The van der Waals surface area contributed by atoms with Gasteiger partial charge >= 0.3 is 5.97 Å². The zero-order valence-corrected chi connectivity index (χ0v) is 12.3. The van der Waals surface area contributed by atoms with Gasteiger partial charge in [-0.25, -0.2) is 9.48 Å². The van der Waals surface area contributed by atoms with Crippen molar-refractivity contribution < 1.29 is 14.6 Å². The van der Waals surface area contributed by atoms with E-state index < -0.39 is 17.1 Å². The van der Waals surface area contributed by atoms with Crippen molar-refractivity contribution in [2.45, 2.75) is 6.92 Å². The molecule has 0 aliphatic heterocycles. The van der Waals surface area contributed by atoms with Crippen LogP contribution in [0.2, 0.25) is 0 Å². The number of nitrogens with zero attached hydrogens (tertiary/aromatic N) is 2. The summed E-state index contributed by atoms with van der Waals surface area (Å²) in [4.78, 5) is 22.7. The lowest BCUT2D eigenvalue weighted by Gasteiger charge is -2.10. The molecular formula is C13H11BrN2O4. The van der Waals surface area contributed by atoms with Gasteiger partial charge in [0.15, 0.2) is 0 Å². The summed E-state index contributed by atoms with van der Waals surface area (Å²) in [5.74, 6) is -0.769. The number of methoxy groups -OCH3 is 1. The summed E-state index contributed by atoms with van der Waals surface area (Å²) in [6.45, 7) is 1.54. The van der Waals surface area contributed by atoms with Crippen molar-refractivity contribution >= 4 is 21.9 Å². The monoisotopic (exact) mass is 338 g/mol. The van der Waals surface area contributed by atoms with Crippen molar-refractivity contribution in [2.24, 2.45) is 0 Å². The number of aryl methyl sites for hydroxylation is 1. The van der Waals surface area contributed by atoms with Crippen LogP contribution < -0.4 is 10.2 Å². The van der Waals surface area contributed by atoms with Gasteiger partial charge in [0.25, 0.3) is 0 Å². The molecule has 104 valence electrons. The van der Waals surface area contributed by atoms with Crippen LogP contribution in [-0.2, 0) is 0 Å². The van der Waals surface area contributed by atoms with E-state index in [4.69, 9.17) is 9.84 Å². The molecule has 0 spiro atoms. The van der Waals surface area contributed by atoms with Gasteiger partial charge in [0, 0.05) is 17.8 Å². The van der Waals surface area contributed by atoms with Crippen molar-refractivity contribution in [3.8, 4) is 11.4 Å². The summed E-state index contributed by atoms with van der Waals surface area (Å²) in [6, 6.07) is 5.17. The number of ether oxygens (including phenoxy) is 1. The van der Waals surface area contributed by atoms with Crippen LogP contribution in [0.1, 0.15) is 16.1 Å². The molecule has 0 aliphatic rings. The van der Waals surface area contributed by atoms with E-state index in [1.165, 1.54) is 18.0 Å². The normalized spacial score (nSPS) is 10.3. The topological polar surface area (TPSA) is 81.4 Å². The third-order valence-corrected chi connectivity index (χ3v) is 3.35. The van der Waals surface area contributed by atoms with Crippen molar-refractivity contribution in [2.75, 3.05) is 7.11 Å². The van der Waals surface area contributed by atoms with E-state index >= 15 is 0 Å². The molecule has 7 heteroatoms. The van der Waals surface area contributed by atoms with Crippen molar-refractivity contribution in [1.82, 2.24) is 9.78 Å². The molecule has 0 aliphatic carbocycles. The zero-order chi connectivity index (χ0) is 14.9. The molecule has 0 amide bonds. The maximum Gasteiger partial charge on any atom is 0.360 e. The highest BCUT2D eigenvalue weighted by molar-refractivity contribution is 9.10. The first-order valence-electron chi connectivity index (χ1n) is 5.62. The molecular weight excluding hydrogens is 328 g/mol. The summed E-state index contributed by atoms with van der Waals surface area (Å²) >= 11 is 3.33. The molecule has 0 atom stereocenters. The van der Waals surface area contributed by atoms with E-state index in [1.807, 2.05) is 0 Å². The molecule has 0 bridgehead atoms. The largest absolute Gasteiger partial charge is 0.495 e. The van der Waals surface area contributed by atoms with Gasteiger partial charge in [-0.1, -0.05) is 0 Å². The van der Waals surface area contributed by atoms with Crippen LogP contribution in [0.4, 0.5) is 0 Å². The molecule has 20 heavy (non-hydrogen) atoms. The Balaban J connectivity index is 2.64. The van der Waals surface area contributed by atoms with E-state index in [0.717, 1.165) is 4.47 Å². The highest BCUT2D eigenvalue weighted by atomic mass is 79.9. The molecule has 2 rings (SSSR count). The van der Waals surface area contributed by atoms with E-state index in [0.29, 0.717) is 17.0 Å². The Morgan fingerprint density at radius 1 is 1.45 bits per heavy atom. The average molecular weight is 339 g/mol. The molecule has 0 fully saturated rings. The second kappa shape index (κ2) is 5.46. The molecule has 0 unspecified atom stereocenters. The maximum atomic E-state index is 11.7. The van der Waals surface area contributed by atoms with Crippen LogP contribution >= 0.6 is 15.9 Å². The van der Waals surface area contributed by atoms with Gasteiger partial charge in [-0.3, -0.25) is 4.79 Å². The number of benzene rings is 1. The number of aromatic carboxylic acids is 1. The Morgan fingerprint density at radius 2 is 2.15 bits per heavy atom. The molecule has 0 saturated carbocycles. The lowest BCUT2D eigenvalue weighted by molar-refractivity contribution is 0.0686. The third kappa shape index (κ3) is 2.57. The van der Waals surface area contributed by atoms with Gasteiger partial charge in [-0.05, 0) is 35.0 Å². The molecule has 1 aromatic heterocycles. The van der Waals surface area contributed by atoms with Crippen LogP contribution in [0.25, 0.3) is 5.69 Å². The number of hydrogen-bond donors (Lipinski definition) is 1. The minimum absolute atomic E-state index is 0.305. The fourth-order valence-corrected chi connectivity index (χ4v) is 2.08. The number of carbonyl (C=O) groups is 1. The Bertz CT molecular complexity index is 740. The molecule has 6 nitrogen and oxygen atoms in total. The van der Waals surface area contributed by atoms with Crippen molar-refractivity contribution in [3.05, 3.63) is 50.3 Å². The summed E-state index contributed by atoms with van der Waals surface area (Å²) in [7, 11) is 1.52. The van der Waals surface area contributed by atoms with Crippen LogP contribution in [0, 0.1) is 6.92 Å². The first-order chi connectivity index (χ1) is 9.43. The SMILES string of the molecule is COc1cc(-n2cc(C)c(=O)c(C(=O)O)n2)ccc1Br. The van der Waals surface area contributed by atoms with E-state index in [-0.39, 0.29) is 0 Å². The number of hydrogen-bond acceptors (Lipinski definition) is 4. The predicted molar refractivity (Wildman–Crippen MR) is 75.8 cm³/mol. The van der Waals surface area contributed by atoms with Gasteiger partial charge in [-0.15, -0.1) is 0 Å². The maximum absolute atomic E-state index is 11.7. The molecule has 2 aromatic rings. The smallest absolute Gasteiger partial charge is 0.360 e. The lowest BCUT2D eigenvalue weighted by atomic mass is 10.2. The minimum atomic E-state index is -1.35. The summed E-state index contributed by atoms with van der Waals surface area (Å²) in [6.07, 6.45) is 1.48. The summed E-state index contributed by atoms with van der Waals surface area (Å²) in [5.41, 5.74) is -0.195. The van der Waals surface area contributed by atoms with Gasteiger partial charge < -0.3 is 9.84 Å². The van der Waals surface area contributed by atoms with Gasteiger partial charge in [-0.2, -0.15) is 5.10 Å². The van der Waals surface area contributed by atoms with E-state index in [2.05, 4.69) is 21.0 Å². The Kier molecular flexibility index (Phi) is 3.89. The number of halogens is 1. The molecule has 0 radical (unpaired) electrons. The summed E-state index contributed by atoms with van der Waals surface area (Å²) < 4.78 is 7.28. The first-order valence-corrected chi connectivity index (χ1v) is 6.41.